The molecule has 0 radical (unpaired) electrons. The Kier molecular flexibility index (Phi) is 6.76. The number of nitrogens with one attached hydrogen (secondary N) is 1. The van der Waals surface area contributed by atoms with Crippen molar-refractivity contribution in [3.05, 3.63) is 111 Å². The topological polar surface area (TPSA) is 98.2 Å². The van der Waals surface area contributed by atoms with Gasteiger partial charge in [-0.25, -0.2) is 9.07 Å². The fourth-order valence-corrected chi connectivity index (χ4v) is 4.69. The molecule has 3 aromatic carbocycles. The normalized spacial score (nSPS) is 12.8. The molecule has 0 amide bonds. The summed E-state index contributed by atoms with van der Waals surface area (Å²) < 4.78 is 26.5. The number of fused-ring (bicyclic) bond motifs is 2. The van der Waals surface area contributed by atoms with E-state index in [-0.39, 0.29) is 11.4 Å². The molecule has 0 aliphatic carbocycles. The first kappa shape index (κ1) is 24.7. The summed E-state index contributed by atoms with van der Waals surface area (Å²) in [4.78, 5) is 18.3. The zero-order chi connectivity index (χ0) is 26.8. The van der Waals surface area contributed by atoms with Crippen molar-refractivity contribution < 1.29 is 13.9 Å². The molecule has 0 bridgehead atoms. The SMILES string of the molecule is Cc1ccc(CN(Cc2cc3cc4c(cc3[nH]c2=O)OCCO4)Cc2nnnn2Cc2ccc(F)cc2)cc1. The highest BCUT2D eigenvalue weighted by molar-refractivity contribution is 5.83. The van der Waals surface area contributed by atoms with E-state index >= 15 is 0 Å². The first-order valence-corrected chi connectivity index (χ1v) is 12.7. The molecule has 0 unspecified atom stereocenters. The summed E-state index contributed by atoms with van der Waals surface area (Å²) in [6.45, 7) is 4.79. The van der Waals surface area contributed by atoms with Crippen molar-refractivity contribution in [3.63, 3.8) is 0 Å². The summed E-state index contributed by atoms with van der Waals surface area (Å²) in [5.74, 6) is 1.65. The molecule has 3 heterocycles. The van der Waals surface area contributed by atoms with Gasteiger partial charge in [0.1, 0.15) is 19.0 Å². The molecule has 1 aliphatic heterocycles. The van der Waals surface area contributed by atoms with E-state index in [0.29, 0.717) is 67.8 Å². The Bertz CT molecular complexity index is 1660. The molecule has 5 aromatic rings. The lowest BCUT2D eigenvalue weighted by atomic mass is 10.1. The van der Waals surface area contributed by atoms with E-state index in [0.717, 1.165) is 16.5 Å². The molecular formula is C29H27FN6O3. The van der Waals surface area contributed by atoms with Crippen LogP contribution in [-0.4, -0.2) is 43.3 Å². The number of aromatic amines is 1. The number of pyridine rings is 1. The Morgan fingerprint density at radius 3 is 2.41 bits per heavy atom. The van der Waals surface area contributed by atoms with Crippen LogP contribution < -0.4 is 15.0 Å². The Morgan fingerprint density at radius 2 is 1.64 bits per heavy atom. The zero-order valence-electron chi connectivity index (χ0n) is 21.4. The van der Waals surface area contributed by atoms with Crippen molar-refractivity contribution in [2.75, 3.05) is 13.2 Å². The van der Waals surface area contributed by atoms with Gasteiger partial charge in [-0.3, -0.25) is 9.69 Å². The van der Waals surface area contributed by atoms with Crippen molar-refractivity contribution in [1.29, 1.82) is 0 Å². The Labute approximate surface area is 223 Å². The minimum atomic E-state index is -0.292. The first-order valence-electron chi connectivity index (χ1n) is 12.7. The zero-order valence-corrected chi connectivity index (χ0v) is 21.4. The fraction of sp³-hybridized carbons (Fsp3) is 0.241. The maximum atomic E-state index is 13.4. The van der Waals surface area contributed by atoms with E-state index in [9.17, 15) is 9.18 Å². The van der Waals surface area contributed by atoms with Crippen LogP contribution in [0, 0.1) is 12.7 Å². The second-order valence-electron chi connectivity index (χ2n) is 9.72. The van der Waals surface area contributed by atoms with Crippen LogP contribution in [0.3, 0.4) is 0 Å². The van der Waals surface area contributed by atoms with Gasteiger partial charge < -0.3 is 14.5 Å². The average Bonchev–Trinajstić information content (AvgIpc) is 3.36. The lowest BCUT2D eigenvalue weighted by Crippen LogP contribution is -2.28. The molecule has 1 N–H and O–H groups in total. The van der Waals surface area contributed by atoms with Crippen LogP contribution in [0.15, 0.2) is 71.5 Å². The molecule has 2 aromatic heterocycles. The van der Waals surface area contributed by atoms with Gasteiger partial charge in [0.05, 0.1) is 18.6 Å². The summed E-state index contributed by atoms with van der Waals surface area (Å²) in [5, 5.41) is 13.2. The Morgan fingerprint density at radius 1 is 0.923 bits per heavy atom. The van der Waals surface area contributed by atoms with Crippen molar-refractivity contribution in [3.8, 4) is 11.5 Å². The number of benzene rings is 3. The minimum Gasteiger partial charge on any atom is -0.486 e. The van der Waals surface area contributed by atoms with E-state index in [1.807, 2.05) is 25.1 Å². The van der Waals surface area contributed by atoms with Gasteiger partial charge in [0.15, 0.2) is 17.3 Å². The van der Waals surface area contributed by atoms with Crippen molar-refractivity contribution in [1.82, 2.24) is 30.1 Å². The van der Waals surface area contributed by atoms with Crippen LogP contribution in [0.4, 0.5) is 4.39 Å². The largest absolute Gasteiger partial charge is 0.486 e. The molecular weight excluding hydrogens is 499 g/mol. The van der Waals surface area contributed by atoms with Crippen molar-refractivity contribution >= 4 is 10.9 Å². The van der Waals surface area contributed by atoms with E-state index in [2.05, 4.69) is 49.7 Å². The third-order valence-corrected chi connectivity index (χ3v) is 6.72. The molecule has 0 atom stereocenters. The third-order valence-electron chi connectivity index (χ3n) is 6.72. The van der Waals surface area contributed by atoms with Crippen LogP contribution in [0.2, 0.25) is 0 Å². The van der Waals surface area contributed by atoms with Crippen LogP contribution in [0.25, 0.3) is 10.9 Å². The number of hydrogen-bond donors (Lipinski definition) is 1. The molecule has 1 aliphatic rings. The maximum absolute atomic E-state index is 13.4. The molecule has 39 heavy (non-hydrogen) atoms. The van der Waals surface area contributed by atoms with Gasteiger partial charge >= 0.3 is 0 Å². The second kappa shape index (κ2) is 10.7. The van der Waals surface area contributed by atoms with Crippen molar-refractivity contribution in [2.24, 2.45) is 0 Å². The van der Waals surface area contributed by atoms with Gasteiger partial charge in [-0.15, -0.1) is 5.10 Å². The smallest absolute Gasteiger partial charge is 0.252 e. The summed E-state index contributed by atoms with van der Waals surface area (Å²) in [6.07, 6.45) is 0. The third kappa shape index (κ3) is 5.65. The van der Waals surface area contributed by atoms with E-state index in [4.69, 9.17) is 9.47 Å². The molecule has 0 saturated heterocycles. The summed E-state index contributed by atoms with van der Waals surface area (Å²) in [6, 6.07) is 20.2. The Balaban J connectivity index is 1.30. The summed E-state index contributed by atoms with van der Waals surface area (Å²) in [5.41, 5.74) is 4.31. The standard InChI is InChI=1S/C29H27FN6O3/c1-19-2-4-20(5-3-19)15-35(18-28-32-33-34-36(28)16-21-6-8-24(30)9-7-21)17-23-12-22-13-26-27(39-11-10-38-26)14-25(22)31-29(23)37/h2-9,12-14H,10-11,15-18H2,1H3,(H,31,37). The number of hydrogen-bond acceptors (Lipinski definition) is 7. The lowest BCUT2D eigenvalue weighted by molar-refractivity contribution is 0.172. The highest BCUT2D eigenvalue weighted by Gasteiger charge is 2.18. The maximum Gasteiger partial charge on any atom is 0.252 e. The predicted octanol–water partition coefficient (Wildman–Crippen LogP) is 3.98. The number of nitrogens with zero attached hydrogens (tertiary/aromatic N) is 5. The highest BCUT2D eigenvalue weighted by atomic mass is 19.1. The van der Waals surface area contributed by atoms with Gasteiger partial charge in [-0.2, -0.15) is 0 Å². The lowest BCUT2D eigenvalue weighted by Gasteiger charge is -2.22. The quantitative estimate of drug-likeness (QED) is 0.327. The van der Waals surface area contributed by atoms with E-state index in [1.54, 1.807) is 16.8 Å². The van der Waals surface area contributed by atoms with E-state index < -0.39 is 0 Å². The van der Waals surface area contributed by atoms with Crippen LogP contribution >= 0.6 is 0 Å². The molecule has 0 fully saturated rings. The fourth-order valence-electron chi connectivity index (χ4n) is 4.69. The molecule has 198 valence electrons. The molecule has 0 spiro atoms. The number of aromatic nitrogens is 5. The van der Waals surface area contributed by atoms with Crippen LogP contribution in [0.5, 0.6) is 11.5 Å². The van der Waals surface area contributed by atoms with Gasteiger partial charge in [0.25, 0.3) is 5.56 Å². The van der Waals surface area contributed by atoms with E-state index in [1.165, 1.54) is 17.7 Å². The molecule has 10 heteroatoms. The van der Waals surface area contributed by atoms with Crippen molar-refractivity contribution in [2.45, 2.75) is 33.1 Å². The molecule has 6 rings (SSSR count). The van der Waals surface area contributed by atoms with Crippen LogP contribution in [0.1, 0.15) is 28.1 Å². The van der Waals surface area contributed by atoms with Gasteiger partial charge in [0, 0.05) is 30.1 Å². The number of aryl methyl sites for hydroxylation is 1. The van der Waals surface area contributed by atoms with Gasteiger partial charge in [0.2, 0.25) is 0 Å². The highest BCUT2D eigenvalue weighted by Crippen LogP contribution is 2.33. The van der Waals surface area contributed by atoms with Gasteiger partial charge in [-0.05, 0) is 52.7 Å². The monoisotopic (exact) mass is 526 g/mol. The number of tetrazole rings is 1. The number of H-pyrrole nitrogens is 1. The predicted molar refractivity (Wildman–Crippen MR) is 143 cm³/mol. The summed E-state index contributed by atoms with van der Waals surface area (Å²) >= 11 is 0. The second-order valence-corrected chi connectivity index (χ2v) is 9.72. The number of ether oxygens (including phenoxy) is 2. The number of halogens is 1. The number of rotatable bonds is 8. The van der Waals surface area contributed by atoms with Gasteiger partial charge in [-0.1, -0.05) is 42.0 Å². The summed E-state index contributed by atoms with van der Waals surface area (Å²) in [7, 11) is 0. The molecule has 9 nitrogen and oxygen atoms in total. The molecule has 0 saturated carbocycles. The average molecular weight is 527 g/mol. The first-order chi connectivity index (χ1) is 19.0. The van der Waals surface area contributed by atoms with Crippen LogP contribution in [-0.2, 0) is 26.2 Å². The minimum absolute atomic E-state index is 0.168. The Hall–Kier alpha value is -4.57.